The molecule has 0 fully saturated rings. The first-order valence-electron chi connectivity index (χ1n) is 10.6. The second-order valence-electron chi connectivity index (χ2n) is 10.8. The number of rotatable bonds is 12. The molecular weight excluding hydrogens is 386 g/mol. The number of hydrogen-bond acceptors (Lipinski definition) is 5. The van der Waals surface area contributed by atoms with Crippen LogP contribution in [0.5, 0.6) is 0 Å². The molecule has 0 aliphatic carbocycles. The molecule has 0 aromatic rings. The van der Waals surface area contributed by atoms with Gasteiger partial charge in [-0.3, -0.25) is 19.7 Å². The Morgan fingerprint density at radius 2 is 1.53 bits per heavy atom. The van der Waals surface area contributed by atoms with Crippen LogP contribution in [-0.4, -0.2) is 59.8 Å². The Balaban J connectivity index is 4.38. The quantitative estimate of drug-likeness (QED) is 0.378. The maximum absolute atomic E-state index is 12.3. The molecule has 4 N–H and O–H groups in total. The topological polar surface area (TPSA) is 117 Å². The average Bonchev–Trinajstić information content (AvgIpc) is 2.53. The van der Waals surface area contributed by atoms with Crippen LogP contribution in [0.3, 0.4) is 0 Å². The van der Waals surface area contributed by atoms with Crippen LogP contribution in [0.15, 0.2) is 0 Å². The van der Waals surface area contributed by atoms with Crippen molar-refractivity contribution in [1.82, 2.24) is 16.0 Å². The van der Waals surface area contributed by atoms with Gasteiger partial charge in [0, 0.05) is 25.0 Å². The highest BCUT2D eigenvalue weighted by molar-refractivity contribution is 5.80. The third-order valence-corrected chi connectivity index (χ3v) is 4.30. The second kappa shape index (κ2) is 11.6. The molecule has 2 unspecified atom stereocenters. The number of aliphatic carboxylic acids is 1. The number of amides is 2. The molecule has 0 aliphatic rings. The van der Waals surface area contributed by atoms with E-state index < -0.39 is 23.5 Å². The van der Waals surface area contributed by atoms with Gasteiger partial charge in [0.05, 0.1) is 18.1 Å². The van der Waals surface area contributed by atoms with Crippen LogP contribution in [0, 0.1) is 11.3 Å². The summed E-state index contributed by atoms with van der Waals surface area (Å²) in [5, 5.41) is 17.9. The van der Waals surface area contributed by atoms with Crippen LogP contribution in [0.2, 0.25) is 0 Å². The van der Waals surface area contributed by atoms with E-state index in [1.54, 1.807) is 6.92 Å². The molecule has 0 spiro atoms. The highest BCUT2D eigenvalue weighted by atomic mass is 16.5. The zero-order chi connectivity index (χ0) is 23.8. The summed E-state index contributed by atoms with van der Waals surface area (Å²) < 4.78 is 5.89. The largest absolute Gasteiger partial charge is 0.480 e. The third-order valence-electron chi connectivity index (χ3n) is 4.30. The molecule has 0 aromatic carbocycles. The van der Waals surface area contributed by atoms with Crippen LogP contribution in [0.25, 0.3) is 0 Å². The molecule has 0 aliphatic heterocycles. The van der Waals surface area contributed by atoms with Gasteiger partial charge < -0.3 is 20.5 Å². The summed E-state index contributed by atoms with van der Waals surface area (Å²) in [5.74, 6) is -1.68. The van der Waals surface area contributed by atoms with Crippen molar-refractivity contribution < 1.29 is 24.2 Å². The fraction of sp³-hybridized carbons (Fsp3) is 0.864. The summed E-state index contributed by atoms with van der Waals surface area (Å²) in [5.41, 5.74) is -0.934. The number of carboxylic acid groups (broad SMARTS) is 1. The Kier molecular flexibility index (Phi) is 11.0. The summed E-state index contributed by atoms with van der Waals surface area (Å²) in [6, 6.07) is -0.866. The van der Waals surface area contributed by atoms with Gasteiger partial charge in [-0.2, -0.15) is 0 Å². The molecule has 176 valence electrons. The van der Waals surface area contributed by atoms with Crippen molar-refractivity contribution in [3.8, 4) is 0 Å². The number of carboxylic acids is 1. The highest BCUT2D eigenvalue weighted by Gasteiger charge is 2.26. The zero-order valence-corrected chi connectivity index (χ0v) is 20.3. The minimum atomic E-state index is -1.01. The molecule has 0 bridgehead atoms. The standard InChI is InChI=1S/C22H43N3O5/c1-15(18(27)24-13-16(19(28)29)25-21(5,6)7)14-30-22(8,9)10-11-23-17(26)12-20(2,3)4/h15-16,25H,10-14H2,1-9H3,(H,23,26)(H,24,27)(H,28,29). The third kappa shape index (κ3) is 14.3. The predicted octanol–water partition coefficient (Wildman–Crippen LogP) is 2.32. The lowest BCUT2D eigenvalue weighted by molar-refractivity contribution is -0.140. The summed E-state index contributed by atoms with van der Waals surface area (Å²) in [4.78, 5) is 35.6. The van der Waals surface area contributed by atoms with Crippen LogP contribution >= 0.6 is 0 Å². The van der Waals surface area contributed by atoms with E-state index in [2.05, 4.69) is 16.0 Å². The summed E-state index contributed by atoms with van der Waals surface area (Å²) >= 11 is 0. The molecule has 30 heavy (non-hydrogen) atoms. The molecule has 2 atom stereocenters. The molecule has 0 aromatic heterocycles. The molecular formula is C22H43N3O5. The van der Waals surface area contributed by atoms with Crippen LogP contribution < -0.4 is 16.0 Å². The maximum Gasteiger partial charge on any atom is 0.322 e. The van der Waals surface area contributed by atoms with E-state index in [1.807, 2.05) is 55.4 Å². The van der Waals surface area contributed by atoms with Gasteiger partial charge in [0.2, 0.25) is 11.8 Å². The van der Waals surface area contributed by atoms with Crippen molar-refractivity contribution in [2.24, 2.45) is 11.3 Å². The number of nitrogens with one attached hydrogen (secondary N) is 3. The molecule has 0 radical (unpaired) electrons. The maximum atomic E-state index is 12.3. The summed E-state index contributed by atoms with van der Waals surface area (Å²) in [6.07, 6.45) is 1.08. The smallest absolute Gasteiger partial charge is 0.322 e. The van der Waals surface area contributed by atoms with E-state index in [9.17, 15) is 19.5 Å². The van der Waals surface area contributed by atoms with E-state index in [4.69, 9.17) is 4.74 Å². The van der Waals surface area contributed by atoms with Gasteiger partial charge in [-0.15, -0.1) is 0 Å². The molecule has 0 saturated heterocycles. The molecule has 0 heterocycles. The normalized spacial score (nSPS) is 14.7. The lowest BCUT2D eigenvalue weighted by atomic mass is 9.92. The Bertz CT molecular complexity index is 576. The number of hydrogen-bond donors (Lipinski definition) is 4. The van der Waals surface area contributed by atoms with E-state index >= 15 is 0 Å². The van der Waals surface area contributed by atoms with Crippen molar-refractivity contribution >= 4 is 17.8 Å². The SMILES string of the molecule is CC(COC(C)(C)CCNC(=O)CC(C)(C)C)C(=O)NCC(NC(C)(C)C)C(=O)O. The van der Waals surface area contributed by atoms with Crippen LogP contribution in [0.1, 0.15) is 75.2 Å². The first-order chi connectivity index (χ1) is 13.4. The first kappa shape index (κ1) is 28.3. The minimum absolute atomic E-state index is 0.00101. The van der Waals surface area contributed by atoms with Crippen molar-refractivity contribution in [2.45, 2.75) is 92.3 Å². The first-order valence-corrected chi connectivity index (χ1v) is 10.6. The monoisotopic (exact) mass is 429 g/mol. The van der Waals surface area contributed by atoms with Gasteiger partial charge in [-0.25, -0.2) is 0 Å². The lowest BCUT2D eigenvalue weighted by Crippen LogP contribution is -2.53. The Labute approximate surface area is 181 Å². The molecule has 8 nitrogen and oxygen atoms in total. The predicted molar refractivity (Wildman–Crippen MR) is 118 cm³/mol. The van der Waals surface area contributed by atoms with Gasteiger partial charge in [0.1, 0.15) is 6.04 Å². The second-order valence-corrected chi connectivity index (χ2v) is 10.8. The average molecular weight is 430 g/mol. The molecule has 0 rings (SSSR count). The molecule has 0 saturated carbocycles. The van der Waals surface area contributed by atoms with Crippen LogP contribution in [-0.2, 0) is 19.1 Å². The van der Waals surface area contributed by atoms with E-state index in [1.165, 1.54) is 0 Å². The minimum Gasteiger partial charge on any atom is -0.480 e. The van der Waals surface area contributed by atoms with E-state index in [0.717, 1.165) is 0 Å². The fourth-order valence-electron chi connectivity index (χ4n) is 2.65. The molecule has 2 amide bonds. The van der Waals surface area contributed by atoms with Gasteiger partial charge in [0.25, 0.3) is 0 Å². The van der Waals surface area contributed by atoms with E-state index in [0.29, 0.717) is 19.4 Å². The van der Waals surface area contributed by atoms with Gasteiger partial charge in [-0.1, -0.05) is 27.7 Å². The van der Waals surface area contributed by atoms with Crippen LogP contribution in [0.4, 0.5) is 0 Å². The van der Waals surface area contributed by atoms with Crippen molar-refractivity contribution in [3.63, 3.8) is 0 Å². The fourth-order valence-corrected chi connectivity index (χ4v) is 2.65. The Morgan fingerprint density at radius 3 is 2.00 bits per heavy atom. The van der Waals surface area contributed by atoms with Crippen molar-refractivity contribution in [3.05, 3.63) is 0 Å². The highest BCUT2D eigenvalue weighted by Crippen LogP contribution is 2.19. The Hall–Kier alpha value is -1.67. The Morgan fingerprint density at radius 1 is 0.967 bits per heavy atom. The summed E-state index contributed by atoms with van der Waals surface area (Å²) in [6.45, 7) is 17.9. The summed E-state index contributed by atoms with van der Waals surface area (Å²) in [7, 11) is 0. The number of ether oxygens (including phenoxy) is 1. The number of carbonyl (C=O) groups excluding carboxylic acids is 2. The molecule has 8 heteroatoms. The number of carbonyl (C=O) groups is 3. The van der Waals surface area contributed by atoms with Gasteiger partial charge in [0.15, 0.2) is 0 Å². The van der Waals surface area contributed by atoms with Gasteiger partial charge in [-0.05, 0) is 46.5 Å². The van der Waals surface area contributed by atoms with E-state index in [-0.39, 0.29) is 35.9 Å². The lowest BCUT2D eigenvalue weighted by Gasteiger charge is -2.28. The van der Waals surface area contributed by atoms with Crippen molar-refractivity contribution in [2.75, 3.05) is 19.7 Å². The van der Waals surface area contributed by atoms with Crippen molar-refractivity contribution in [1.29, 1.82) is 0 Å². The zero-order valence-electron chi connectivity index (χ0n) is 20.3. The van der Waals surface area contributed by atoms with Gasteiger partial charge >= 0.3 is 5.97 Å².